The van der Waals surface area contributed by atoms with E-state index in [1.165, 1.54) is 12.8 Å². The van der Waals surface area contributed by atoms with E-state index >= 15 is 0 Å². The van der Waals surface area contributed by atoms with Gasteiger partial charge in [0.25, 0.3) is 0 Å². The second-order valence-corrected chi connectivity index (χ2v) is 3.52. The summed E-state index contributed by atoms with van der Waals surface area (Å²) in [6, 6.07) is 9.81. The fraction of sp³-hybridized carbons (Fsp3) is 0.500. The van der Waals surface area contributed by atoms with E-state index in [-0.39, 0.29) is 0 Å². The minimum atomic E-state index is -0.413. The third-order valence-corrected chi connectivity index (χ3v) is 2.19. The lowest BCUT2D eigenvalue weighted by Gasteiger charge is -2.13. The SMILES string of the molecule is CCCCCC(O)Nc1ccccc1. The zero-order valence-electron chi connectivity index (χ0n) is 8.74. The Morgan fingerprint density at radius 1 is 1.21 bits per heavy atom. The molecule has 14 heavy (non-hydrogen) atoms. The highest BCUT2D eigenvalue weighted by molar-refractivity contribution is 5.42. The second-order valence-electron chi connectivity index (χ2n) is 3.52. The fourth-order valence-electron chi connectivity index (χ4n) is 1.39. The number of para-hydroxylation sites is 1. The van der Waals surface area contributed by atoms with Crippen LogP contribution < -0.4 is 5.32 Å². The highest BCUT2D eigenvalue weighted by Gasteiger charge is 2.01. The van der Waals surface area contributed by atoms with Crippen LogP contribution in [0.15, 0.2) is 30.3 Å². The van der Waals surface area contributed by atoms with Crippen molar-refractivity contribution in [3.63, 3.8) is 0 Å². The molecule has 2 nitrogen and oxygen atoms in total. The van der Waals surface area contributed by atoms with Crippen molar-refractivity contribution in [1.82, 2.24) is 0 Å². The monoisotopic (exact) mass is 193 g/mol. The Morgan fingerprint density at radius 2 is 1.93 bits per heavy atom. The lowest BCUT2D eigenvalue weighted by atomic mass is 10.2. The Kier molecular flexibility index (Phi) is 5.08. The molecule has 0 spiro atoms. The summed E-state index contributed by atoms with van der Waals surface area (Å²) < 4.78 is 0. The van der Waals surface area contributed by atoms with E-state index in [0.29, 0.717) is 0 Å². The third kappa shape index (κ3) is 4.28. The summed E-state index contributed by atoms with van der Waals surface area (Å²) in [5, 5.41) is 12.7. The first kappa shape index (κ1) is 11.1. The number of unbranched alkanes of at least 4 members (excludes halogenated alkanes) is 2. The summed E-state index contributed by atoms with van der Waals surface area (Å²) >= 11 is 0. The maximum Gasteiger partial charge on any atom is 0.124 e. The molecular weight excluding hydrogens is 174 g/mol. The number of rotatable bonds is 6. The molecule has 0 fully saturated rings. The van der Waals surface area contributed by atoms with Gasteiger partial charge in [-0.05, 0) is 25.0 Å². The molecule has 0 heterocycles. The Morgan fingerprint density at radius 3 is 2.57 bits per heavy atom. The topological polar surface area (TPSA) is 32.3 Å². The van der Waals surface area contributed by atoms with Gasteiger partial charge in [-0.2, -0.15) is 0 Å². The van der Waals surface area contributed by atoms with Gasteiger partial charge in [-0.25, -0.2) is 0 Å². The van der Waals surface area contributed by atoms with E-state index < -0.39 is 6.23 Å². The quantitative estimate of drug-likeness (QED) is 0.537. The molecule has 0 aromatic heterocycles. The third-order valence-electron chi connectivity index (χ3n) is 2.19. The van der Waals surface area contributed by atoms with Gasteiger partial charge in [-0.3, -0.25) is 0 Å². The first-order valence-corrected chi connectivity index (χ1v) is 5.32. The predicted octanol–water partition coefficient (Wildman–Crippen LogP) is 3.00. The molecule has 0 bridgehead atoms. The molecule has 0 aliphatic heterocycles. The first-order valence-electron chi connectivity index (χ1n) is 5.32. The highest BCUT2D eigenvalue weighted by Crippen LogP contribution is 2.09. The van der Waals surface area contributed by atoms with E-state index in [1.807, 2.05) is 30.3 Å². The van der Waals surface area contributed by atoms with Crippen molar-refractivity contribution in [3.05, 3.63) is 30.3 Å². The largest absolute Gasteiger partial charge is 0.374 e. The van der Waals surface area contributed by atoms with Crippen LogP contribution in [0.3, 0.4) is 0 Å². The smallest absolute Gasteiger partial charge is 0.124 e. The normalized spacial score (nSPS) is 12.4. The minimum Gasteiger partial charge on any atom is -0.374 e. The maximum atomic E-state index is 9.62. The number of benzene rings is 1. The van der Waals surface area contributed by atoms with Crippen LogP contribution in [0.4, 0.5) is 5.69 Å². The molecule has 1 aromatic rings. The number of hydrogen-bond donors (Lipinski definition) is 2. The molecule has 0 aliphatic rings. The predicted molar refractivity (Wildman–Crippen MR) is 60.2 cm³/mol. The van der Waals surface area contributed by atoms with Gasteiger partial charge in [0.15, 0.2) is 0 Å². The molecular formula is C12H19NO. The maximum absolute atomic E-state index is 9.62. The van der Waals surface area contributed by atoms with Crippen LogP contribution >= 0.6 is 0 Å². The van der Waals surface area contributed by atoms with E-state index in [1.54, 1.807) is 0 Å². The molecule has 1 rings (SSSR count). The van der Waals surface area contributed by atoms with Crippen LogP contribution in [-0.4, -0.2) is 11.3 Å². The van der Waals surface area contributed by atoms with E-state index in [4.69, 9.17) is 0 Å². The fourth-order valence-corrected chi connectivity index (χ4v) is 1.39. The van der Waals surface area contributed by atoms with Crippen molar-refractivity contribution in [1.29, 1.82) is 0 Å². The molecule has 0 saturated carbocycles. The zero-order chi connectivity index (χ0) is 10.2. The summed E-state index contributed by atoms with van der Waals surface area (Å²) in [6.45, 7) is 2.16. The average Bonchev–Trinajstić information content (AvgIpc) is 2.20. The Labute approximate surface area is 86.0 Å². The van der Waals surface area contributed by atoms with Crippen LogP contribution in [0.1, 0.15) is 32.6 Å². The van der Waals surface area contributed by atoms with Crippen LogP contribution in [0, 0.1) is 0 Å². The second kappa shape index (κ2) is 6.44. The van der Waals surface area contributed by atoms with Gasteiger partial charge in [0, 0.05) is 5.69 Å². The van der Waals surface area contributed by atoms with Gasteiger partial charge in [-0.15, -0.1) is 0 Å². The van der Waals surface area contributed by atoms with Gasteiger partial charge in [0.2, 0.25) is 0 Å². The number of aliphatic hydroxyl groups excluding tert-OH is 1. The molecule has 2 N–H and O–H groups in total. The van der Waals surface area contributed by atoms with Crippen molar-refractivity contribution in [3.8, 4) is 0 Å². The Bertz CT molecular complexity index is 235. The van der Waals surface area contributed by atoms with Crippen molar-refractivity contribution in [2.75, 3.05) is 5.32 Å². The van der Waals surface area contributed by atoms with Crippen LogP contribution in [0.2, 0.25) is 0 Å². The standard InChI is InChI=1S/C12H19NO/c1-2-3-5-10-12(14)13-11-8-6-4-7-9-11/h4,6-9,12-14H,2-3,5,10H2,1H3. The van der Waals surface area contributed by atoms with Crippen LogP contribution in [0.25, 0.3) is 0 Å². The van der Waals surface area contributed by atoms with Crippen molar-refractivity contribution < 1.29 is 5.11 Å². The number of aliphatic hydroxyl groups is 1. The Balaban J connectivity index is 2.23. The average molecular weight is 193 g/mol. The number of anilines is 1. The summed E-state index contributed by atoms with van der Waals surface area (Å²) in [4.78, 5) is 0. The highest BCUT2D eigenvalue weighted by atomic mass is 16.3. The van der Waals surface area contributed by atoms with Crippen LogP contribution in [0.5, 0.6) is 0 Å². The van der Waals surface area contributed by atoms with Gasteiger partial charge in [-0.1, -0.05) is 38.0 Å². The molecule has 0 aliphatic carbocycles. The summed E-state index contributed by atoms with van der Waals surface area (Å²) in [7, 11) is 0. The van der Waals surface area contributed by atoms with E-state index in [0.717, 1.165) is 18.5 Å². The minimum absolute atomic E-state index is 0.413. The molecule has 78 valence electrons. The van der Waals surface area contributed by atoms with Crippen molar-refractivity contribution >= 4 is 5.69 Å². The van der Waals surface area contributed by atoms with Crippen molar-refractivity contribution in [2.24, 2.45) is 0 Å². The first-order chi connectivity index (χ1) is 6.83. The number of nitrogens with one attached hydrogen (secondary N) is 1. The molecule has 0 amide bonds. The summed E-state index contributed by atoms with van der Waals surface area (Å²) in [5.41, 5.74) is 0.983. The molecule has 1 aromatic carbocycles. The summed E-state index contributed by atoms with van der Waals surface area (Å²) in [6.07, 6.45) is 3.87. The van der Waals surface area contributed by atoms with Gasteiger partial charge < -0.3 is 10.4 Å². The van der Waals surface area contributed by atoms with Crippen molar-refractivity contribution in [2.45, 2.75) is 38.8 Å². The Hall–Kier alpha value is -1.02. The lowest BCUT2D eigenvalue weighted by molar-refractivity contribution is 0.189. The molecule has 0 saturated heterocycles. The van der Waals surface area contributed by atoms with E-state index in [9.17, 15) is 5.11 Å². The lowest BCUT2D eigenvalue weighted by Crippen LogP contribution is -2.18. The van der Waals surface area contributed by atoms with Gasteiger partial charge >= 0.3 is 0 Å². The molecule has 1 atom stereocenters. The van der Waals surface area contributed by atoms with E-state index in [2.05, 4.69) is 12.2 Å². The molecule has 1 unspecified atom stereocenters. The van der Waals surface area contributed by atoms with Crippen LogP contribution in [-0.2, 0) is 0 Å². The van der Waals surface area contributed by atoms with Gasteiger partial charge in [0.05, 0.1) is 0 Å². The number of hydrogen-bond acceptors (Lipinski definition) is 2. The molecule has 0 radical (unpaired) electrons. The van der Waals surface area contributed by atoms with Gasteiger partial charge in [0.1, 0.15) is 6.23 Å². The zero-order valence-corrected chi connectivity index (χ0v) is 8.74. The summed E-state index contributed by atoms with van der Waals surface area (Å²) in [5.74, 6) is 0. The molecule has 2 heteroatoms.